The maximum atomic E-state index is 4.09. The summed E-state index contributed by atoms with van der Waals surface area (Å²) in [4.78, 5) is 0. The molecule has 0 fully saturated rings. The average Bonchev–Trinajstić information content (AvgIpc) is 3.60. The Morgan fingerprint density at radius 3 is 1.42 bits per heavy atom. The van der Waals surface area contributed by atoms with Gasteiger partial charge in [-0.25, -0.2) is 0 Å². The van der Waals surface area contributed by atoms with Gasteiger partial charge in [0.05, 0.1) is 0 Å². The van der Waals surface area contributed by atoms with Gasteiger partial charge in [-0.3, -0.25) is 0 Å². The van der Waals surface area contributed by atoms with Crippen molar-refractivity contribution < 1.29 is 22.4 Å². The van der Waals surface area contributed by atoms with Crippen LogP contribution in [0.1, 0.15) is 129 Å². The molecular weight excluding hydrogens is 763 g/mol. The van der Waals surface area contributed by atoms with Gasteiger partial charge in [0, 0.05) is 22.4 Å². The van der Waals surface area contributed by atoms with Crippen LogP contribution in [-0.4, -0.2) is 4.57 Å². The molecule has 7 rings (SSSR count). The van der Waals surface area contributed by atoms with E-state index in [9.17, 15) is 0 Å². The maximum absolute atomic E-state index is 4.09. The monoisotopic (exact) mass is 812 g/mol. The molecule has 5 aromatic carbocycles. The van der Waals surface area contributed by atoms with Gasteiger partial charge in [0.25, 0.3) is 0 Å². The molecular formula is C46H49AuN-2. The SMILES string of the molecule is CC(C)c1cccc(C(C)C)c1C1=[C-]C(c2c(C(C)C)cccc2C(C)C)c2ccccc21.[Au].[CH2-]n1c2ccccc2c2ccccc21. The third-order valence-electron chi connectivity index (χ3n) is 9.84. The minimum atomic E-state index is 0. The molecule has 0 amide bonds. The molecule has 1 aliphatic rings. The second-order valence-electron chi connectivity index (χ2n) is 14.3. The van der Waals surface area contributed by atoms with Crippen LogP contribution in [0.3, 0.4) is 0 Å². The van der Waals surface area contributed by atoms with Crippen molar-refractivity contribution in [2.24, 2.45) is 0 Å². The first-order valence-corrected chi connectivity index (χ1v) is 17.4. The number of hydrogen-bond donors (Lipinski definition) is 0. The average molecular weight is 813 g/mol. The summed E-state index contributed by atoms with van der Waals surface area (Å²) < 4.78 is 1.99. The fourth-order valence-corrected chi connectivity index (χ4v) is 7.50. The number of rotatable bonds is 6. The summed E-state index contributed by atoms with van der Waals surface area (Å²) >= 11 is 0. The Labute approximate surface area is 304 Å². The molecule has 0 aliphatic heterocycles. The van der Waals surface area contributed by atoms with E-state index in [1.807, 2.05) is 16.7 Å². The van der Waals surface area contributed by atoms with E-state index in [-0.39, 0.29) is 28.3 Å². The van der Waals surface area contributed by atoms with Crippen molar-refractivity contribution in [3.63, 3.8) is 0 Å². The molecule has 1 atom stereocenters. The number of fused-ring (bicyclic) bond motifs is 4. The molecule has 0 bridgehead atoms. The van der Waals surface area contributed by atoms with Crippen LogP contribution in [0.15, 0.2) is 109 Å². The van der Waals surface area contributed by atoms with E-state index < -0.39 is 0 Å². The van der Waals surface area contributed by atoms with Crippen molar-refractivity contribution >= 4 is 27.4 Å². The van der Waals surface area contributed by atoms with Gasteiger partial charge in [-0.1, -0.05) is 197 Å². The zero-order chi connectivity index (χ0) is 33.4. The van der Waals surface area contributed by atoms with Crippen molar-refractivity contribution in [1.82, 2.24) is 4.57 Å². The van der Waals surface area contributed by atoms with Crippen LogP contribution in [0, 0.1) is 13.1 Å². The van der Waals surface area contributed by atoms with Crippen molar-refractivity contribution in [3.05, 3.63) is 167 Å². The third kappa shape index (κ3) is 6.49. The van der Waals surface area contributed by atoms with Gasteiger partial charge in [0.15, 0.2) is 0 Å². The first-order chi connectivity index (χ1) is 22.6. The van der Waals surface area contributed by atoms with Gasteiger partial charge >= 0.3 is 0 Å². The minimum Gasteiger partial charge on any atom is -0.481 e. The molecule has 1 aliphatic carbocycles. The minimum absolute atomic E-state index is 0. The van der Waals surface area contributed by atoms with Crippen LogP contribution in [-0.2, 0) is 22.4 Å². The summed E-state index contributed by atoms with van der Waals surface area (Å²) in [5.74, 6) is 2.06. The van der Waals surface area contributed by atoms with Gasteiger partial charge in [0.1, 0.15) is 0 Å². The molecule has 0 saturated carbocycles. The van der Waals surface area contributed by atoms with E-state index in [0.717, 1.165) is 0 Å². The van der Waals surface area contributed by atoms with Crippen molar-refractivity contribution in [2.75, 3.05) is 0 Å². The summed E-state index contributed by atoms with van der Waals surface area (Å²) in [7, 11) is 4.05. The third-order valence-corrected chi connectivity index (χ3v) is 9.84. The predicted octanol–water partition coefficient (Wildman–Crippen LogP) is 13.0. The first kappa shape index (κ1) is 35.6. The quantitative estimate of drug-likeness (QED) is 0.117. The molecule has 251 valence electrons. The summed E-state index contributed by atoms with van der Waals surface area (Å²) in [6.45, 7) is 18.5. The standard InChI is InChI=1S/C33H39.C13H10N.Au/c1-20(2)24-15-11-16-25(21(3)4)32(24)30-19-31(29-14-10-9-13-28(29)30)33-26(22(5)6)17-12-18-27(33)23(7)8;1-14-12-8-4-2-6-10(12)11-7-3-5-9-13(11)14;/h9-18,20-23,30H,1-8H3;2-9H,1H2;/q2*-1;. The summed E-state index contributed by atoms with van der Waals surface area (Å²) in [5, 5.41) is 2.55. The number of benzene rings is 5. The van der Waals surface area contributed by atoms with Crippen molar-refractivity contribution in [1.29, 1.82) is 0 Å². The topological polar surface area (TPSA) is 4.93 Å². The number of hydrogen-bond acceptors (Lipinski definition) is 0. The first-order valence-electron chi connectivity index (χ1n) is 17.4. The van der Waals surface area contributed by atoms with Crippen LogP contribution >= 0.6 is 0 Å². The Balaban J connectivity index is 0.000000249. The summed E-state index contributed by atoms with van der Waals surface area (Å²) in [6.07, 6.45) is 4.09. The van der Waals surface area contributed by atoms with Gasteiger partial charge in [0.2, 0.25) is 0 Å². The molecule has 0 spiro atoms. The Morgan fingerprint density at radius 2 is 0.938 bits per heavy atom. The smallest absolute Gasteiger partial charge is 0 e. The second-order valence-corrected chi connectivity index (χ2v) is 14.3. The van der Waals surface area contributed by atoms with Crippen molar-refractivity contribution in [3.8, 4) is 0 Å². The van der Waals surface area contributed by atoms with Crippen LogP contribution in [0.5, 0.6) is 0 Å². The largest absolute Gasteiger partial charge is 0.481 e. The molecule has 6 aromatic rings. The van der Waals surface area contributed by atoms with Crippen LogP contribution in [0.4, 0.5) is 0 Å². The van der Waals surface area contributed by atoms with E-state index >= 15 is 0 Å². The Hall–Kier alpha value is -3.75. The summed E-state index contributed by atoms with van der Waals surface area (Å²) in [6, 6.07) is 39.5. The second kappa shape index (κ2) is 14.8. The van der Waals surface area contributed by atoms with E-state index in [0.29, 0.717) is 23.7 Å². The number of para-hydroxylation sites is 2. The molecule has 1 unspecified atom stereocenters. The number of nitrogens with zero attached hydrogens (tertiary/aromatic N) is 1. The van der Waals surface area contributed by atoms with Gasteiger partial charge < -0.3 is 4.57 Å². The fraction of sp³-hybridized carbons (Fsp3) is 0.283. The van der Waals surface area contributed by atoms with Crippen molar-refractivity contribution in [2.45, 2.75) is 85.0 Å². The van der Waals surface area contributed by atoms with Gasteiger partial charge in [-0.2, -0.15) is 11.6 Å². The van der Waals surface area contributed by atoms with Crippen LogP contribution < -0.4 is 0 Å². The maximum Gasteiger partial charge on any atom is 0 e. The normalized spacial score (nSPS) is 14.0. The van der Waals surface area contributed by atoms with Gasteiger partial charge in [-0.15, -0.1) is 24.2 Å². The molecule has 2 heteroatoms. The Morgan fingerprint density at radius 1 is 0.521 bits per heavy atom. The zero-order valence-corrected chi connectivity index (χ0v) is 31.9. The molecule has 1 radical (unpaired) electrons. The van der Waals surface area contributed by atoms with Crippen LogP contribution in [0.25, 0.3) is 27.4 Å². The molecule has 0 N–H and O–H groups in total. The Kier molecular flexibility index (Phi) is 11.0. The zero-order valence-electron chi connectivity index (χ0n) is 29.7. The Bertz CT molecular complexity index is 1960. The van der Waals surface area contributed by atoms with Crippen LogP contribution in [0.2, 0.25) is 0 Å². The van der Waals surface area contributed by atoms with E-state index in [2.05, 4.69) is 166 Å². The van der Waals surface area contributed by atoms with Gasteiger partial charge in [-0.05, 0) is 46.3 Å². The molecule has 1 nitrogen and oxygen atoms in total. The van der Waals surface area contributed by atoms with E-state index in [1.54, 1.807) is 0 Å². The fourth-order valence-electron chi connectivity index (χ4n) is 7.50. The van der Waals surface area contributed by atoms with E-state index in [4.69, 9.17) is 0 Å². The molecule has 1 aromatic heterocycles. The number of allylic oxidation sites excluding steroid dienone is 1. The predicted molar refractivity (Wildman–Crippen MR) is 203 cm³/mol. The van der Waals surface area contributed by atoms with E-state index in [1.165, 1.54) is 71.9 Å². The summed E-state index contributed by atoms with van der Waals surface area (Å²) in [5.41, 5.74) is 15.1. The number of aromatic nitrogens is 1. The molecule has 0 saturated heterocycles. The molecule has 1 heterocycles. The molecule has 48 heavy (non-hydrogen) atoms.